The van der Waals surface area contributed by atoms with E-state index in [1.807, 2.05) is 32.6 Å². The minimum atomic E-state index is -0.220. The predicted octanol–water partition coefficient (Wildman–Crippen LogP) is 2.33. The average Bonchev–Trinajstić information content (AvgIpc) is 2.36. The van der Waals surface area contributed by atoms with Crippen molar-refractivity contribution >= 4 is 5.82 Å². The molecule has 2 heterocycles. The standard InChI is InChI=1S/C15H24FN3O/c1-10(2)18-7-13-5-6-17-15(14(13)16)19-8-11(3)20-12(4)9-19/h5-6,10-12,18H,7-9H2,1-4H3/t11-,12+. The van der Waals surface area contributed by atoms with E-state index in [1.165, 1.54) is 0 Å². The number of pyridine rings is 1. The van der Waals surface area contributed by atoms with Crippen molar-refractivity contribution in [1.82, 2.24) is 10.3 Å². The van der Waals surface area contributed by atoms with Gasteiger partial charge in [0.25, 0.3) is 0 Å². The molecule has 112 valence electrons. The van der Waals surface area contributed by atoms with Crippen LogP contribution in [0.5, 0.6) is 0 Å². The maximum absolute atomic E-state index is 14.6. The van der Waals surface area contributed by atoms with Crippen LogP contribution in [0.1, 0.15) is 33.3 Å². The molecular formula is C15H24FN3O. The summed E-state index contributed by atoms with van der Waals surface area (Å²) in [5, 5.41) is 3.24. The zero-order valence-electron chi connectivity index (χ0n) is 12.7. The molecule has 0 amide bonds. The van der Waals surface area contributed by atoms with Gasteiger partial charge in [0.2, 0.25) is 0 Å². The molecule has 4 nitrogen and oxygen atoms in total. The topological polar surface area (TPSA) is 37.4 Å². The highest BCUT2D eigenvalue weighted by Gasteiger charge is 2.25. The summed E-state index contributed by atoms with van der Waals surface area (Å²) in [7, 11) is 0. The Hall–Kier alpha value is -1.20. The van der Waals surface area contributed by atoms with Gasteiger partial charge in [-0.1, -0.05) is 13.8 Å². The third kappa shape index (κ3) is 3.67. The first-order chi connectivity index (χ1) is 9.47. The molecule has 20 heavy (non-hydrogen) atoms. The van der Waals surface area contributed by atoms with Crippen LogP contribution >= 0.6 is 0 Å². The van der Waals surface area contributed by atoms with Gasteiger partial charge in [-0.05, 0) is 19.9 Å². The van der Waals surface area contributed by atoms with E-state index in [1.54, 1.807) is 12.3 Å². The van der Waals surface area contributed by atoms with Crippen LogP contribution in [0, 0.1) is 5.82 Å². The Balaban J connectivity index is 2.17. The number of nitrogens with zero attached hydrogens (tertiary/aromatic N) is 2. The number of rotatable bonds is 4. The summed E-state index contributed by atoms with van der Waals surface area (Å²) >= 11 is 0. The molecule has 1 aliphatic heterocycles. The van der Waals surface area contributed by atoms with Crippen LogP contribution in [0.15, 0.2) is 12.3 Å². The Morgan fingerprint density at radius 2 is 2.05 bits per heavy atom. The van der Waals surface area contributed by atoms with Gasteiger partial charge < -0.3 is 15.0 Å². The van der Waals surface area contributed by atoms with E-state index >= 15 is 0 Å². The number of nitrogens with one attached hydrogen (secondary N) is 1. The molecule has 0 aliphatic carbocycles. The number of halogens is 1. The SMILES string of the molecule is CC(C)NCc1ccnc(N2C[C@@H](C)O[C@@H](C)C2)c1F. The Labute approximate surface area is 120 Å². The second-order valence-electron chi connectivity index (χ2n) is 5.81. The van der Waals surface area contributed by atoms with Crippen LogP contribution in [-0.4, -0.2) is 36.3 Å². The minimum absolute atomic E-state index is 0.0948. The number of morpholine rings is 1. The summed E-state index contributed by atoms with van der Waals surface area (Å²) in [6.07, 6.45) is 1.87. The minimum Gasteiger partial charge on any atom is -0.372 e. The molecule has 0 unspecified atom stereocenters. The first-order valence-electron chi connectivity index (χ1n) is 7.24. The van der Waals surface area contributed by atoms with Crippen molar-refractivity contribution in [2.75, 3.05) is 18.0 Å². The van der Waals surface area contributed by atoms with Crippen molar-refractivity contribution in [3.05, 3.63) is 23.6 Å². The van der Waals surface area contributed by atoms with E-state index in [2.05, 4.69) is 10.3 Å². The van der Waals surface area contributed by atoms with E-state index < -0.39 is 0 Å². The molecule has 0 saturated carbocycles. The lowest BCUT2D eigenvalue weighted by Crippen LogP contribution is -2.46. The van der Waals surface area contributed by atoms with Gasteiger partial charge in [0.1, 0.15) is 0 Å². The Morgan fingerprint density at radius 3 is 2.65 bits per heavy atom. The average molecular weight is 281 g/mol. The van der Waals surface area contributed by atoms with Crippen LogP contribution in [-0.2, 0) is 11.3 Å². The summed E-state index contributed by atoms with van der Waals surface area (Å²) in [6.45, 7) is 9.98. The smallest absolute Gasteiger partial charge is 0.170 e. The van der Waals surface area contributed by atoms with E-state index in [0.717, 1.165) is 0 Å². The van der Waals surface area contributed by atoms with E-state index in [-0.39, 0.29) is 18.0 Å². The summed E-state index contributed by atoms with van der Waals surface area (Å²) in [4.78, 5) is 6.21. The molecule has 5 heteroatoms. The fourth-order valence-electron chi connectivity index (χ4n) is 2.49. The normalized spacial score (nSPS) is 23.4. The van der Waals surface area contributed by atoms with Crippen LogP contribution in [0.25, 0.3) is 0 Å². The van der Waals surface area contributed by atoms with Crippen LogP contribution in [0.3, 0.4) is 0 Å². The monoisotopic (exact) mass is 281 g/mol. The fourth-order valence-corrected chi connectivity index (χ4v) is 2.49. The number of ether oxygens (including phenoxy) is 1. The first-order valence-corrected chi connectivity index (χ1v) is 7.24. The quantitative estimate of drug-likeness (QED) is 0.919. The molecule has 0 radical (unpaired) electrons. The molecular weight excluding hydrogens is 257 g/mol. The zero-order valence-corrected chi connectivity index (χ0v) is 12.7. The number of aromatic nitrogens is 1. The van der Waals surface area contributed by atoms with Crippen LogP contribution in [0.2, 0.25) is 0 Å². The van der Waals surface area contributed by atoms with Crippen molar-refractivity contribution in [2.24, 2.45) is 0 Å². The Bertz CT molecular complexity index is 443. The van der Waals surface area contributed by atoms with Gasteiger partial charge >= 0.3 is 0 Å². The number of hydrogen-bond donors (Lipinski definition) is 1. The van der Waals surface area contributed by atoms with Crippen LogP contribution < -0.4 is 10.2 Å². The predicted molar refractivity (Wildman–Crippen MR) is 78.4 cm³/mol. The highest BCUT2D eigenvalue weighted by molar-refractivity contribution is 5.43. The lowest BCUT2D eigenvalue weighted by molar-refractivity contribution is -0.00566. The van der Waals surface area contributed by atoms with Gasteiger partial charge in [-0.25, -0.2) is 9.37 Å². The molecule has 0 bridgehead atoms. The highest BCUT2D eigenvalue weighted by atomic mass is 19.1. The molecule has 1 aromatic rings. The maximum atomic E-state index is 14.6. The van der Waals surface area contributed by atoms with Gasteiger partial charge in [-0.3, -0.25) is 0 Å². The molecule has 1 fully saturated rings. The molecule has 1 N–H and O–H groups in total. The summed E-state index contributed by atoms with van der Waals surface area (Å²) in [5.41, 5.74) is 0.662. The van der Waals surface area contributed by atoms with Gasteiger partial charge in [0.15, 0.2) is 11.6 Å². The molecule has 1 aromatic heterocycles. The van der Waals surface area contributed by atoms with E-state index in [9.17, 15) is 4.39 Å². The van der Waals surface area contributed by atoms with E-state index in [0.29, 0.717) is 37.1 Å². The second-order valence-corrected chi connectivity index (χ2v) is 5.81. The van der Waals surface area contributed by atoms with E-state index in [4.69, 9.17) is 4.74 Å². The van der Waals surface area contributed by atoms with Crippen molar-refractivity contribution in [3.63, 3.8) is 0 Å². The summed E-state index contributed by atoms with van der Waals surface area (Å²) in [6, 6.07) is 2.07. The van der Waals surface area contributed by atoms with Gasteiger partial charge in [-0.15, -0.1) is 0 Å². The van der Waals surface area contributed by atoms with Crippen molar-refractivity contribution in [3.8, 4) is 0 Å². The molecule has 1 saturated heterocycles. The molecule has 2 rings (SSSR count). The lowest BCUT2D eigenvalue weighted by Gasteiger charge is -2.36. The Kier molecular flexibility index (Phi) is 4.94. The zero-order chi connectivity index (χ0) is 14.7. The molecule has 2 atom stereocenters. The van der Waals surface area contributed by atoms with Crippen molar-refractivity contribution in [2.45, 2.75) is 52.5 Å². The van der Waals surface area contributed by atoms with Gasteiger partial charge in [0, 0.05) is 37.4 Å². The third-order valence-corrected chi connectivity index (χ3v) is 3.37. The highest BCUT2D eigenvalue weighted by Crippen LogP contribution is 2.23. The molecule has 0 spiro atoms. The fraction of sp³-hybridized carbons (Fsp3) is 0.667. The lowest BCUT2D eigenvalue weighted by atomic mass is 10.2. The second kappa shape index (κ2) is 6.50. The van der Waals surface area contributed by atoms with Crippen LogP contribution in [0.4, 0.5) is 10.2 Å². The summed E-state index contributed by atoms with van der Waals surface area (Å²) < 4.78 is 20.3. The largest absolute Gasteiger partial charge is 0.372 e. The summed E-state index contributed by atoms with van der Waals surface area (Å²) in [5.74, 6) is 0.219. The van der Waals surface area contributed by atoms with Crippen molar-refractivity contribution in [1.29, 1.82) is 0 Å². The third-order valence-electron chi connectivity index (χ3n) is 3.37. The maximum Gasteiger partial charge on any atom is 0.170 e. The Morgan fingerprint density at radius 1 is 1.40 bits per heavy atom. The molecule has 1 aliphatic rings. The molecule has 0 aromatic carbocycles. The van der Waals surface area contributed by atoms with Gasteiger partial charge in [-0.2, -0.15) is 0 Å². The number of anilines is 1. The van der Waals surface area contributed by atoms with Crippen molar-refractivity contribution < 1.29 is 9.13 Å². The number of hydrogen-bond acceptors (Lipinski definition) is 4. The van der Waals surface area contributed by atoms with Gasteiger partial charge in [0.05, 0.1) is 12.2 Å². The first kappa shape index (κ1) is 15.2.